The summed E-state index contributed by atoms with van der Waals surface area (Å²) in [6.45, 7) is 0. The van der Waals surface area contributed by atoms with Gasteiger partial charge < -0.3 is 0 Å². The Morgan fingerprint density at radius 2 is 0.974 bits per heavy atom. The van der Waals surface area contributed by atoms with Crippen molar-refractivity contribution in [1.29, 1.82) is 0 Å². The van der Waals surface area contributed by atoms with Crippen LogP contribution in [0.25, 0.3) is 11.3 Å². The molecule has 0 amide bonds. The highest BCUT2D eigenvalue weighted by Crippen LogP contribution is 2.31. The van der Waals surface area contributed by atoms with Gasteiger partial charge in [-0.3, -0.25) is 14.6 Å². The average Bonchev–Trinajstić information content (AvgIpc) is 2.94. The van der Waals surface area contributed by atoms with Gasteiger partial charge in [0.25, 0.3) is 0 Å². The first-order valence-corrected chi connectivity index (χ1v) is 35.0. The number of rotatable bonds is 0. The third-order valence-electron chi connectivity index (χ3n) is 3.24. The summed E-state index contributed by atoms with van der Waals surface area (Å²) in [5, 5.41) is 0. The van der Waals surface area contributed by atoms with Crippen LogP contribution >= 0.6 is 0 Å². The molecule has 0 fully saturated rings. The van der Waals surface area contributed by atoms with Crippen molar-refractivity contribution in [2.45, 2.75) is 0 Å². The predicted octanol–water partition coefficient (Wildman–Crippen LogP) is 2.22. The maximum Gasteiger partial charge on any atom is 0.235 e. The lowest BCUT2D eigenvalue weighted by Gasteiger charge is -2.16. The van der Waals surface area contributed by atoms with Crippen molar-refractivity contribution >= 4 is 203 Å². The minimum Gasteiger partial charge on any atom is -0.285 e. The van der Waals surface area contributed by atoms with Crippen molar-refractivity contribution in [3.63, 3.8) is 0 Å². The molecule has 1 aliphatic rings. The van der Waals surface area contributed by atoms with E-state index in [2.05, 4.69) is 4.98 Å². The summed E-state index contributed by atoms with van der Waals surface area (Å²) >= 11 is 9.52. The molecule has 38 heavy (non-hydrogen) atoms. The molecule has 2 aromatic rings. The van der Waals surface area contributed by atoms with E-state index in [1.54, 1.807) is 163 Å². The van der Waals surface area contributed by atoms with Gasteiger partial charge in [-0.1, -0.05) is 0 Å². The molecule has 0 atom stereocenters. The number of carbonyl (C=O) groups is 2. The number of ketones is 2. The van der Waals surface area contributed by atoms with Crippen LogP contribution in [-0.4, -0.2) is 16.6 Å². The molecule has 1 aromatic carbocycles. The van der Waals surface area contributed by atoms with Crippen molar-refractivity contribution in [3.05, 3.63) is 53.5 Å². The second-order valence-electron chi connectivity index (χ2n) is 5.04. The molecule has 0 saturated carbocycles. The van der Waals surface area contributed by atoms with E-state index in [9.17, 15) is 14.0 Å². The summed E-state index contributed by atoms with van der Waals surface area (Å²) in [5.41, 5.74) is 1.30. The molecule has 0 saturated heterocycles. The second kappa shape index (κ2) is 23.7. The van der Waals surface area contributed by atoms with E-state index in [4.69, 9.17) is 22.4 Å². The van der Waals surface area contributed by atoms with Crippen LogP contribution in [0.1, 0.15) is 20.7 Å². The Kier molecular flexibility index (Phi) is 22.7. The number of fused-ring (bicyclic) bond motifs is 3. The molecule has 0 radical (unpaired) electrons. The molecular formula is C13H6FNO2S21. The summed E-state index contributed by atoms with van der Waals surface area (Å²) in [7, 11) is 32.6. The van der Waals surface area contributed by atoms with E-state index in [1.165, 1.54) is 36.1 Å². The lowest BCUT2D eigenvalue weighted by Crippen LogP contribution is -2.22. The lowest BCUT2D eigenvalue weighted by atomic mass is 9.87. The number of pyridine rings is 1. The molecule has 1 heterocycles. The molecule has 0 spiro atoms. The zero-order chi connectivity index (χ0) is 27.4. The maximum atomic E-state index is 13.1. The normalized spacial score (nSPS) is 10.0. The molecule has 1 aliphatic carbocycles. The van der Waals surface area contributed by atoms with Gasteiger partial charge >= 0.3 is 0 Å². The number of halogens is 1. The molecule has 3 rings (SSSR count). The smallest absolute Gasteiger partial charge is 0.235 e. The Labute approximate surface area is 281 Å². The predicted molar refractivity (Wildman–Crippen MR) is 213 cm³/mol. The largest absolute Gasteiger partial charge is 0.285 e. The highest BCUT2D eigenvalue weighted by Gasteiger charge is 2.31. The van der Waals surface area contributed by atoms with Crippen LogP contribution in [0.3, 0.4) is 0 Å². The van der Waals surface area contributed by atoms with E-state index < -0.39 is 17.4 Å². The SMILES string of the molecule is O=C1C(=O)c2cccnc2-c2ccc(F)cc21.S=S=S=S=S=S=S=S=S=S=S=S=S=S=S=S=S=S=S=S=S. The number of Topliss-reactive ketones (excluding diaryl/α,β-unsaturated/α-hetero) is 2. The summed E-state index contributed by atoms with van der Waals surface area (Å²) in [6, 6.07) is 6.95. The minimum absolute atomic E-state index is 0.0844. The topological polar surface area (TPSA) is 47.0 Å². The van der Waals surface area contributed by atoms with Crippen molar-refractivity contribution in [2.24, 2.45) is 0 Å². The number of hydrogen-bond acceptors (Lipinski definition) is 5. The average molecular weight is 901 g/mol. The van der Waals surface area contributed by atoms with Gasteiger partial charge in [-0.15, -0.1) is 0 Å². The summed E-state index contributed by atoms with van der Waals surface area (Å²) in [6.07, 6.45) is 1.54. The van der Waals surface area contributed by atoms with E-state index in [0.717, 1.165) is 6.07 Å². The Bertz CT molecular complexity index is 2020. The zero-order valence-corrected chi connectivity index (χ0v) is 34.3. The van der Waals surface area contributed by atoms with Gasteiger partial charge in [0, 0.05) is 208 Å². The quantitative estimate of drug-likeness (QED) is 0.381. The Balaban J connectivity index is 0.000000271. The van der Waals surface area contributed by atoms with Crippen LogP contribution in [0.2, 0.25) is 0 Å². The molecule has 3 nitrogen and oxygen atoms in total. The fraction of sp³-hybridized carbons (Fsp3) is 0. The molecule has 0 unspecified atom stereocenters. The number of benzene rings is 1. The van der Waals surface area contributed by atoms with Gasteiger partial charge in [0.1, 0.15) is 5.82 Å². The van der Waals surface area contributed by atoms with Gasteiger partial charge in [0.05, 0.1) is 11.3 Å². The fourth-order valence-corrected chi connectivity index (χ4v) is 48.8. The van der Waals surface area contributed by atoms with Crippen molar-refractivity contribution in [1.82, 2.24) is 4.98 Å². The van der Waals surface area contributed by atoms with Crippen LogP contribution in [0.4, 0.5) is 4.39 Å². The van der Waals surface area contributed by atoms with Crippen molar-refractivity contribution in [3.8, 4) is 11.3 Å². The Morgan fingerprint density at radius 1 is 0.553 bits per heavy atom. The lowest BCUT2D eigenvalue weighted by molar-refractivity contribution is 0.0815. The second-order valence-corrected chi connectivity index (χ2v) is 38.7. The van der Waals surface area contributed by atoms with Crippen LogP contribution in [0.5, 0.6) is 0 Å². The maximum absolute atomic E-state index is 13.1. The van der Waals surface area contributed by atoms with Crippen LogP contribution in [0.15, 0.2) is 36.5 Å². The minimum atomic E-state index is -0.681. The van der Waals surface area contributed by atoms with E-state index in [-0.39, 0.29) is 11.1 Å². The number of carbonyl (C=O) groups excluding carboxylic acids is 2. The van der Waals surface area contributed by atoms with Gasteiger partial charge in [0.15, 0.2) is 0 Å². The fourth-order valence-electron chi connectivity index (χ4n) is 2.15. The first-order chi connectivity index (χ1) is 18.6. The van der Waals surface area contributed by atoms with Gasteiger partial charge in [0.2, 0.25) is 11.6 Å². The number of aromatic nitrogens is 1. The molecule has 25 heteroatoms. The van der Waals surface area contributed by atoms with Crippen LogP contribution in [0, 0.1) is 5.82 Å². The third-order valence-corrected chi connectivity index (χ3v) is 43.2. The van der Waals surface area contributed by atoms with Crippen LogP contribution in [-0.2, 0) is 191 Å². The molecule has 1 aromatic heterocycles. The first-order valence-electron chi connectivity index (χ1n) is 8.36. The van der Waals surface area contributed by atoms with Crippen LogP contribution < -0.4 is 0 Å². The molecule has 208 valence electrons. The standard InChI is InChI=1S/C13H6FNO2.S21/c14-7-3-4-8-10(6-7)13(17)12(16)9-2-1-5-15-11(8)9;1-3-5-7-9-11-13-15-17-19-21-20-18-16-14-12-10-8-6-4-2/h1-6H;. The highest BCUT2D eigenvalue weighted by atomic mass is 33.5. The highest BCUT2D eigenvalue weighted by molar-refractivity contribution is 8.78. The van der Waals surface area contributed by atoms with Gasteiger partial charge in [-0.2, -0.15) is 0 Å². The molecule has 0 aliphatic heterocycles. The third kappa shape index (κ3) is 14.6. The molecule has 0 bridgehead atoms. The van der Waals surface area contributed by atoms with E-state index in [0.29, 0.717) is 11.3 Å². The molecule has 0 N–H and O–H groups in total. The Morgan fingerprint density at radius 3 is 1.42 bits per heavy atom. The van der Waals surface area contributed by atoms with Crippen molar-refractivity contribution in [2.75, 3.05) is 0 Å². The van der Waals surface area contributed by atoms with E-state index in [1.807, 2.05) is 0 Å². The van der Waals surface area contributed by atoms with Gasteiger partial charge in [-0.25, -0.2) is 4.39 Å². The molecular weight excluding hydrogens is 895 g/mol. The first kappa shape index (κ1) is 36.5. The summed E-state index contributed by atoms with van der Waals surface area (Å²) in [4.78, 5) is 27.6. The van der Waals surface area contributed by atoms with Crippen molar-refractivity contribution < 1.29 is 14.0 Å². The van der Waals surface area contributed by atoms with E-state index >= 15 is 0 Å². The number of nitrogens with zero attached hydrogens (tertiary/aromatic N) is 1. The monoisotopic (exact) mass is 898 g/mol. The summed E-state index contributed by atoms with van der Waals surface area (Å²) < 4.78 is 13.1. The Hall–Kier alpha value is 2.26. The van der Waals surface area contributed by atoms with Gasteiger partial charge in [-0.05, 0) is 30.3 Å². The zero-order valence-electron chi connectivity index (χ0n) is 17.2. The number of hydrogen-bond donors (Lipinski definition) is 0. The summed E-state index contributed by atoms with van der Waals surface area (Å²) in [5.74, 6) is -1.85.